The van der Waals surface area contributed by atoms with Gasteiger partial charge in [-0.15, -0.1) is 0 Å². The Labute approximate surface area is 245 Å². The molecule has 3 aliphatic heterocycles. The largest absolute Gasteiger partial charge is 0.460 e. The maximum atomic E-state index is 13.8. The van der Waals surface area contributed by atoms with Crippen molar-refractivity contribution in [3.05, 3.63) is 0 Å². The topological polar surface area (TPSA) is 227 Å². The van der Waals surface area contributed by atoms with E-state index in [1.54, 1.807) is 27.7 Å². The van der Waals surface area contributed by atoms with E-state index in [0.717, 1.165) is 0 Å². The molecule has 15 nitrogen and oxygen atoms in total. The molecule has 0 radical (unpaired) electrons. The predicted molar refractivity (Wildman–Crippen MR) is 151 cm³/mol. The van der Waals surface area contributed by atoms with Crippen molar-refractivity contribution in [2.45, 2.75) is 102 Å². The molecule has 2 bridgehead atoms. The highest BCUT2D eigenvalue weighted by molar-refractivity contribution is 5.98. The number of nitrogens with one attached hydrogen (secondary N) is 4. The Kier molecular flexibility index (Phi) is 10.9. The van der Waals surface area contributed by atoms with E-state index in [-0.39, 0.29) is 19.0 Å². The third-order valence-electron chi connectivity index (χ3n) is 7.48. The number of hydrogen-bond acceptors (Lipinski definition) is 9. The Morgan fingerprint density at radius 1 is 1.02 bits per heavy atom. The molecule has 0 saturated carbocycles. The van der Waals surface area contributed by atoms with Crippen molar-refractivity contribution in [2.24, 2.45) is 22.4 Å². The molecule has 5 amide bonds. The quantitative estimate of drug-likeness (QED) is 0.0814. The lowest BCUT2D eigenvalue weighted by atomic mass is 9.86. The minimum absolute atomic E-state index is 0.103. The van der Waals surface area contributed by atoms with Crippen LogP contribution < -0.4 is 32.7 Å². The van der Waals surface area contributed by atoms with Crippen molar-refractivity contribution in [3.8, 4) is 0 Å². The summed E-state index contributed by atoms with van der Waals surface area (Å²) in [7, 11) is 0. The number of ether oxygens (including phenoxy) is 1. The number of piperidine rings is 1. The van der Waals surface area contributed by atoms with Gasteiger partial charge in [0.15, 0.2) is 0 Å². The second kappa shape index (κ2) is 13.9. The minimum atomic E-state index is -1.39. The van der Waals surface area contributed by atoms with Gasteiger partial charge in [0.2, 0.25) is 29.5 Å². The van der Waals surface area contributed by atoms with Crippen LogP contribution in [-0.2, 0) is 33.5 Å². The molecule has 3 aliphatic rings. The number of hydrogen-bond donors (Lipinski definition) is 6. The van der Waals surface area contributed by atoms with Gasteiger partial charge in [-0.3, -0.25) is 33.8 Å². The van der Waals surface area contributed by atoms with E-state index in [0.29, 0.717) is 38.1 Å². The second-order valence-electron chi connectivity index (χ2n) is 12.1. The van der Waals surface area contributed by atoms with Gasteiger partial charge in [-0.2, -0.15) is 0 Å². The maximum absolute atomic E-state index is 13.8. The van der Waals surface area contributed by atoms with Gasteiger partial charge in [0, 0.05) is 18.5 Å². The molecule has 0 aromatic rings. The number of amides is 5. The number of carbonyl (C=O) groups excluding carboxylic acids is 6. The van der Waals surface area contributed by atoms with Crippen molar-refractivity contribution in [1.82, 2.24) is 26.2 Å². The predicted octanol–water partition coefficient (Wildman–Crippen LogP) is -2.20. The van der Waals surface area contributed by atoms with Crippen LogP contribution >= 0.6 is 0 Å². The lowest BCUT2D eigenvalue weighted by Crippen LogP contribution is -2.65. The highest BCUT2D eigenvalue weighted by Crippen LogP contribution is 2.35. The van der Waals surface area contributed by atoms with Crippen LogP contribution in [0.3, 0.4) is 0 Å². The van der Waals surface area contributed by atoms with Gasteiger partial charge >= 0.3 is 5.97 Å². The van der Waals surface area contributed by atoms with Crippen molar-refractivity contribution in [1.29, 1.82) is 0 Å². The maximum Gasteiger partial charge on any atom is 0.308 e. The first-order valence-electron chi connectivity index (χ1n) is 14.4. The van der Waals surface area contributed by atoms with Gasteiger partial charge in [-0.1, -0.05) is 0 Å². The first-order chi connectivity index (χ1) is 19.7. The smallest absolute Gasteiger partial charge is 0.308 e. The fraction of sp³-hybridized carbons (Fsp3) is 0.741. The molecule has 15 heteroatoms. The third-order valence-corrected chi connectivity index (χ3v) is 7.48. The Morgan fingerprint density at radius 3 is 2.38 bits per heavy atom. The average molecular weight is 593 g/mol. The highest BCUT2D eigenvalue weighted by atomic mass is 16.6. The van der Waals surface area contributed by atoms with E-state index in [1.807, 2.05) is 0 Å². The number of nitrogens with zero attached hydrogens (tertiary/aromatic N) is 2. The fourth-order valence-electron chi connectivity index (χ4n) is 5.60. The number of rotatable bonds is 7. The van der Waals surface area contributed by atoms with Crippen molar-refractivity contribution >= 4 is 41.3 Å². The number of esters is 1. The van der Waals surface area contributed by atoms with E-state index < -0.39 is 84.2 Å². The summed E-state index contributed by atoms with van der Waals surface area (Å²) in [4.78, 5) is 84.8. The molecule has 3 heterocycles. The van der Waals surface area contributed by atoms with Crippen LogP contribution in [-0.4, -0.2) is 102 Å². The third kappa shape index (κ3) is 8.63. The number of fused-ring (bicyclic) bond motifs is 1. The molecule has 3 saturated heterocycles. The normalized spacial score (nSPS) is 29.5. The highest BCUT2D eigenvalue weighted by Gasteiger charge is 2.50. The van der Waals surface area contributed by atoms with E-state index in [4.69, 9.17) is 16.2 Å². The lowest BCUT2D eigenvalue weighted by molar-refractivity contribution is -0.157. The number of aliphatic imine (C=N–C) groups is 1. The minimum Gasteiger partial charge on any atom is -0.460 e. The average Bonchev–Trinajstić information content (AvgIpc) is 3.32. The number of carbonyl (C=O) groups is 6. The Balaban J connectivity index is 1.92. The van der Waals surface area contributed by atoms with Crippen LogP contribution in [0.5, 0.6) is 0 Å². The molecular formula is C27H44N8O7. The van der Waals surface area contributed by atoms with Crippen LogP contribution in [0.15, 0.2) is 4.99 Å². The van der Waals surface area contributed by atoms with Crippen LogP contribution in [0, 0.1) is 5.92 Å². The summed E-state index contributed by atoms with van der Waals surface area (Å²) in [6.45, 7) is 6.56. The van der Waals surface area contributed by atoms with E-state index >= 15 is 0 Å². The Bertz CT molecular complexity index is 1100. The lowest BCUT2D eigenvalue weighted by Gasteiger charge is -2.42. The number of amidine groups is 1. The first-order valence-corrected chi connectivity index (χ1v) is 14.4. The van der Waals surface area contributed by atoms with Crippen LogP contribution in [0.2, 0.25) is 0 Å². The summed E-state index contributed by atoms with van der Waals surface area (Å²) in [6, 6.07) is -4.56. The van der Waals surface area contributed by atoms with Crippen molar-refractivity contribution < 1.29 is 33.5 Å². The molecule has 3 rings (SSSR count). The van der Waals surface area contributed by atoms with Gasteiger partial charge in [0.1, 0.15) is 29.8 Å². The van der Waals surface area contributed by atoms with Crippen molar-refractivity contribution in [2.75, 3.05) is 19.6 Å². The summed E-state index contributed by atoms with van der Waals surface area (Å²) in [6.07, 6.45) is 1.53. The monoisotopic (exact) mass is 592 g/mol. The molecule has 0 aliphatic carbocycles. The molecule has 3 fully saturated rings. The molecule has 6 atom stereocenters. The zero-order chi connectivity index (χ0) is 31.2. The summed E-state index contributed by atoms with van der Waals surface area (Å²) >= 11 is 0. The summed E-state index contributed by atoms with van der Waals surface area (Å²) in [5.74, 6) is -3.88. The zero-order valence-electron chi connectivity index (χ0n) is 24.7. The van der Waals surface area contributed by atoms with E-state index in [1.165, 1.54) is 4.90 Å². The Hall–Kier alpha value is -3.75. The molecule has 234 valence electrons. The van der Waals surface area contributed by atoms with Gasteiger partial charge in [0.25, 0.3) is 0 Å². The summed E-state index contributed by atoms with van der Waals surface area (Å²) in [5.41, 5.74) is 10.7. The van der Waals surface area contributed by atoms with Crippen LogP contribution in [0.1, 0.15) is 66.2 Å². The molecule has 8 N–H and O–H groups in total. The molecule has 0 aromatic heterocycles. The van der Waals surface area contributed by atoms with Crippen LogP contribution in [0.4, 0.5) is 0 Å². The van der Waals surface area contributed by atoms with Crippen molar-refractivity contribution in [3.63, 3.8) is 0 Å². The molecule has 0 spiro atoms. The zero-order valence-corrected chi connectivity index (χ0v) is 24.7. The molecule has 0 aromatic carbocycles. The second-order valence-corrected chi connectivity index (χ2v) is 12.1. The number of nitrogens with two attached hydrogens (primary N) is 2. The Morgan fingerprint density at radius 2 is 1.74 bits per heavy atom. The van der Waals surface area contributed by atoms with Gasteiger partial charge in [-0.25, -0.2) is 0 Å². The van der Waals surface area contributed by atoms with E-state index in [2.05, 4.69) is 26.3 Å². The van der Waals surface area contributed by atoms with Gasteiger partial charge in [-0.05, 0) is 66.3 Å². The standard InChI is InChI=1S/C27H44N8O7/c1-14(29)30-9-5-6-17-23(38)31-13-20(36)32-18(11-21(37)42-27(2,3)4)24(39)34-22-15(12-28)10-16-7-8-19(25(40)33-17)35(16)26(22)41/h15-19,22H,5-13,28H2,1-4H3,(H2,29,30)(H,31,38)(H,32,36)(H,33,40)(H,34,39)/t15-,16-,17-,18-,19-,22+/m0/s1. The first kappa shape index (κ1) is 32.8. The van der Waals surface area contributed by atoms with Gasteiger partial charge < -0.3 is 42.4 Å². The van der Waals surface area contributed by atoms with Gasteiger partial charge in [0.05, 0.1) is 18.8 Å². The molecule has 42 heavy (non-hydrogen) atoms. The summed E-state index contributed by atoms with van der Waals surface area (Å²) < 4.78 is 5.34. The fourth-order valence-corrected chi connectivity index (χ4v) is 5.60. The SMILES string of the molecule is CC(N)=NCCC[C@@H]1NC(=O)[C@@H]2CC[C@H]3C[C@@H](CN)[C@@H](NC(=O)[C@H](CC(=O)OC(C)(C)C)NC(=O)CNC1=O)C(=O)N32. The molecule has 0 unspecified atom stereocenters. The van der Waals surface area contributed by atoms with Crippen LogP contribution in [0.25, 0.3) is 0 Å². The molecular weight excluding hydrogens is 548 g/mol. The van der Waals surface area contributed by atoms with E-state index in [9.17, 15) is 28.8 Å². The summed E-state index contributed by atoms with van der Waals surface area (Å²) in [5, 5.41) is 10.4.